The third-order valence-electron chi connectivity index (χ3n) is 5.18. The van der Waals surface area contributed by atoms with Crippen LogP contribution in [0.1, 0.15) is 17.4 Å². The number of fused-ring (bicyclic) bond motifs is 3. The lowest BCUT2D eigenvalue weighted by molar-refractivity contribution is -0.892. The number of pyridine rings is 1. The van der Waals surface area contributed by atoms with Gasteiger partial charge in [0.05, 0.1) is 0 Å². The number of hydrogen-bond donors (Lipinski definition) is 0. The van der Waals surface area contributed by atoms with Gasteiger partial charge in [0.25, 0.3) is 0 Å². The highest BCUT2D eigenvalue weighted by Gasteiger charge is 2.24. The van der Waals surface area contributed by atoms with Gasteiger partial charge in [0.2, 0.25) is 6.20 Å². The first kappa shape index (κ1) is 18.1. The summed E-state index contributed by atoms with van der Waals surface area (Å²) in [4.78, 5) is 18.7. The van der Waals surface area contributed by atoms with Crippen LogP contribution >= 0.6 is 0 Å². The molecule has 0 amide bonds. The van der Waals surface area contributed by atoms with E-state index in [9.17, 15) is 4.79 Å². The Bertz CT molecular complexity index is 1400. The normalized spacial score (nSPS) is 11.1. The number of ether oxygens (including phenoxy) is 1. The van der Waals surface area contributed by atoms with E-state index < -0.39 is 5.97 Å². The van der Waals surface area contributed by atoms with E-state index in [1.54, 1.807) is 18.3 Å². The Morgan fingerprint density at radius 2 is 1.43 bits per heavy atom. The summed E-state index contributed by atoms with van der Waals surface area (Å²) >= 11 is 0. The Balaban J connectivity index is 1.72. The van der Waals surface area contributed by atoms with E-state index in [0.29, 0.717) is 18.1 Å². The summed E-state index contributed by atoms with van der Waals surface area (Å²) < 4.78 is 7.47. The van der Waals surface area contributed by atoms with E-state index in [4.69, 9.17) is 9.57 Å². The third-order valence-corrected chi connectivity index (χ3v) is 5.18. The highest BCUT2D eigenvalue weighted by molar-refractivity contribution is 6.11. The standard InChI is InChI=1S/C26H20NO3/c1-2-29-27-14-8-7-13-24(27)26(28)30-25-22-12-6-5-11-20(22)16-21-15-18-9-3-4-10-19(18)17-23(21)25/h3-17H,2H2,1H3/q+1. The monoisotopic (exact) mass is 394 g/mol. The van der Waals surface area contributed by atoms with Gasteiger partial charge < -0.3 is 4.74 Å². The summed E-state index contributed by atoms with van der Waals surface area (Å²) in [6.07, 6.45) is 1.70. The Hall–Kier alpha value is -3.92. The molecule has 1 aromatic heterocycles. The number of carbonyl (C=O) groups is 1. The van der Waals surface area contributed by atoms with Crippen molar-refractivity contribution in [2.24, 2.45) is 0 Å². The van der Waals surface area contributed by atoms with Crippen LogP contribution in [0.5, 0.6) is 5.75 Å². The van der Waals surface area contributed by atoms with Crippen molar-refractivity contribution < 1.29 is 19.1 Å². The molecule has 0 N–H and O–H groups in total. The number of benzene rings is 4. The van der Waals surface area contributed by atoms with Crippen LogP contribution in [0.15, 0.2) is 91.1 Å². The lowest BCUT2D eigenvalue weighted by atomic mass is 9.98. The van der Waals surface area contributed by atoms with E-state index in [-0.39, 0.29) is 0 Å². The molecule has 0 aliphatic rings. The smallest absolute Gasteiger partial charge is 0.414 e. The topological polar surface area (TPSA) is 39.4 Å². The SMILES string of the molecule is CCO[n+]1ccccc1C(=O)Oc1c2ccccc2cc2cc3ccccc3cc12. The molecule has 4 heteroatoms. The van der Waals surface area contributed by atoms with Crippen LogP contribution in [-0.4, -0.2) is 12.6 Å². The first-order valence-corrected chi connectivity index (χ1v) is 9.95. The molecule has 5 aromatic rings. The molecule has 4 nitrogen and oxygen atoms in total. The van der Waals surface area contributed by atoms with E-state index >= 15 is 0 Å². The first-order valence-electron chi connectivity index (χ1n) is 9.95. The summed E-state index contributed by atoms with van der Waals surface area (Å²) in [5, 5.41) is 6.10. The number of hydrogen-bond acceptors (Lipinski definition) is 3. The van der Waals surface area contributed by atoms with Gasteiger partial charge in [-0.15, -0.1) is 0 Å². The summed E-state index contributed by atoms with van der Waals surface area (Å²) in [5.74, 6) is 0.0978. The van der Waals surface area contributed by atoms with Crippen LogP contribution < -0.4 is 14.3 Å². The molecular formula is C26H20NO3+. The van der Waals surface area contributed by atoms with Gasteiger partial charge >= 0.3 is 11.7 Å². The van der Waals surface area contributed by atoms with Crippen LogP contribution in [0.2, 0.25) is 0 Å². The second-order valence-corrected chi connectivity index (χ2v) is 7.07. The zero-order valence-corrected chi connectivity index (χ0v) is 16.5. The zero-order chi connectivity index (χ0) is 20.5. The quantitative estimate of drug-likeness (QED) is 0.184. The van der Waals surface area contributed by atoms with Crippen molar-refractivity contribution in [1.82, 2.24) is 0 Å². The van der Waals surface area contributed by atoms with Gasteiger partial charge in [-0.25, -0.2) is 4.79 Å². The Labute approximate surface area is 173 Å². The van der Waals surface area contributed by atoms with Crippen LogP contribution in [0.25, 0.3) is 32.3 Å². The minimum Gasteiger partial charge on any atom is -0.417 e. The minimum absolute atomic E-state index is 0.334. The minimum atomic E-state index is -0.463. The van der Waals surface area contributed by atoms with Gasteiger partial charge in [0.1, 0.15) is 5.75 Å². The van der Waals surface area contributed by atoms with Crippen LogP contribution in [0, 0.1) is 0 Å². The summed E-state index contributed by atoms with van der Waals surface area (Å²) in [6.45, 7) is 2.32. The molecule has 5 rings (SSSR count). The van der Waals surface area contributed by atoms with Crippen molar-refractivity contribution in [3.8, 4) is 5.75 Å². The second-order valence-electron chi connectivity index (χ2n) is 7.07. The summed E-state index contributed by atoms with van der Waals surface area (Å²) in [6, 6.07) is 27.8. The van der Waals surface area contributed by atoms with Crippen LogP contribution in [-0.2, 0) is 0 Å². The fraction of sp³-hybridized carbons (Fsp3) is 0.0769. The van der Waals surface area contributed by atoms with Gasteiger partial charge in [0, 0.05) is 27.6 Å². The average Bonchev–Trinajstić information content (AvgIpc) is 2.78. The number of nitrogens with zero attached hydrogens (tertiary/aromatic N) is 1. The average molecular weight is 394 g/mol. The van der Waals surface area contributed by atoms with E-state index in [1.165, 1.54) is 4.73 Å². The number of esters is 1. The molecule has 4 aromatic carbocycles. The summed E-state index contributed by atoms with van der Waals surface area (Å²) in [5.41, 5.74) is 0.334. The van der Waals surface area contributed by atoms with Crippen molar-refractivity contribution in [2.75, 3.05) is 6.61 Å². The first-order chi connectivity index (χ1) is 14.7. The van der Waals surface area contributed by atoms with Gasteiger partial charge in [0.15, 0.2) is 6.61 Å². The zero-order valence-electron chi connectivity index (χ0n) is 16.5. The Kier molecular flexibility index (Phi) is 4.52. The second kappa shape index (κ2) is 7.48. The fourth-order valence-corrected chi connectivity index (χ4v) is 3.81. The Morgan fingerprint density at radius 1 is 0.767 bits per heavy atom. The van der Waals surface area contributed by atoms with Crippen LogP contribution in [0.3, 0.4) is 0 Å². The predicted octanol–water partition coefficient (Wildman–Crippen LogP) is 5.10. The molecule has 0 fully saturated rings. The number of aromatic nitrogens is 1. The number of carbonyl (C=O) groups excluding carboxylic acids is 1. The highest BCUT2D eigenvalue weighted by atomic mass is 16.7. The lowest BCUT2D eigenvalue weighted by Crippen LogP contribution is -2.48. The molecule has 0 saturated heterocycles. The summed E-state index contributed by atoms with van der Waals surface area (Å²) in [7, 11) is 0. The molecule has 146 valence electrons. The molecule has 0 bridgehead atoms. The lowest BCUT2D eigenvalue weighted by Gasteiger charge is -2.12. The molecule has 30 heavy (non-hydrogen) atoms. The van der Waals surface area contributed by atoms with Gasteiger partial charge in [-0.05, 0) is 52.7 Å². The molecule has 0 saturated carbocycles. The maximum absolute atomic E-state index is 13.1. The van der Waals surface area contributed by atoms with Gasteiger partial charge in [-0.3, -0.25) is 4.84 Å². The van der Waals surface area contributed by atoms with Crippen molar-refractivity contribution in [3.05, 3.63) is 96.8 Å². The number of rotatable bonds is 4. The third kappa shape index (κ3) is 3.12. The van der Waals surface area contributed by atoms with E-state index in [2.05, 4.69) is 30.3 Å². The van der Waals surface area contributed by atoms with Crippen molar-refractivity contribution >= 4 is 38.3 Å². The molecule has 0 aliphatic heterocycles. The molecule has 0 aliphatic carbocycles. The molecule has 1 heterocycles. The molecular weight excluding hydrogens is 374 g/mol. The fourth-order valence-electron chi connectivity index (χ4n) is 3.81. The molecule has 0 unspecified atom stereocenters. The van der Waals surface area contributed by atoms with Gasteiger partial charge in [-0.1, -0.05) is 48.5 Å². The van der Waals surface area contributed by atoms with E-state index in [0.717, 1.165) is 32.3 Å². The van der Waals surface area contributed by atoms with Crippen molar-refractivity contribution in [2.45, 2.75) is 6.92 Å². The molecule has 0 spiro atoms. The molecule has 0 atom stereocenters. The van der Waals surface area contributed by atoms with Crippen LogP contribution in [0.4, 0.5) is 0 Å². The molecule has 0 radical (unpaired) electrons. The van der Waals surface area contributed by atoms with Crippen molar-refractivity contribution in [3.63, 3.8) is 0 Å². The Morgan fingerprint density at radius 3 is 2.23 bits per heavy atom. The predicted molar refractivity (Wildman–Crippen MR) is 118 cm³/mol. The van der Waals surface area contributed by atoms with Crippen molar-refractivity contribution in [1.29, 1.82) is 0 Å². The van der Waals surface area contributed by atoms with Gasteiger partial charge in [-0.2, -0.15) is 0 Å². The maximum atomic E-state index is 13.1. The highest BCUT2D eigenvalue weighted by Crippen LogP contribution is 2.37. The largest absolute Gasteiger partial charge is 0.417 e. The maximum Gasteiger partial charge on any atom is 0.414 e. The van der Waals surface area contributed by atoms with E-state index in [1.807, 2.05) is 49.4 Å².